The highest BCUT2D eigenvalue weighted by atomic mass is 16.5. The molecule has 1 aliphatic heterocycles. The van der Waals surface area contributed by atoms with Gasteiger partial charge in [0, 0.05) is 26.6 Å². The van der Waals surface area contributed by atoms with Gasteiger partial charge in [0.05, 0.1) is 6.61 Å². The first-order valence-corrected chi connectivity index (χ1v) is 8.93. The number of carbonyl (C=O) groups excluding carboxylic acids is 2. The van der Waals surface area contributed by atoms with E-state index in [1.807, 2.05) is 31.2 Å². The van der Waals surface area contributed by atoms with Gasteiger partial charge in [-0.3, -0.25) is 9.59 Å². The molecule has 0 aromatic heterocycles. The van der Waals surface area contributed by atoms with Gasteiger partial charge in [-0.1, -0.05) is 19.1 Å². The lowest BCUT2D eigenvalue weighted by atomic mass is 10.1. The Bertz CT molecular complexity index is 576. The Morgan fingerprint density at radius 2 is 2.16 bits per heavy atom. The van der Waals surface area contributed by atoms with Gasteiger partial charge in [0.15, 0.2) is 0 Å². The minimum Gasteiger partial charge on any atom is -0.491 e. The number of ether oxygens (including phenoxy) is 2. The third-order valence-electron chi connectivity index (χ3n) is 4.26. The summed E-state index contributed by atoms with van der Waals surface area (Å²) in [6.45, 7) is 4.10. The van der Waals surface area contributed by atoms with Crippen LogP contribution in [0.3, 0.4) is 0 Å². The Labute approximate surface area is 149 Å². The molecule has 6 heteroatoms. The predicted octanol–water partition coefficient (Wildman–Crippen LogP) is 2.12. The van der Waals surface area contributed by atoms with E-state index in [0.717, 1.165) is 30.6 Å². The maximum atomic E-state index is 12.5. The highest BCUT2D eigenvalue weighted by molar-refractivity contribution is 5.88. The van der Waals surface area contributed by atoms with Crippen molar-refractivity contribution in [3.05, 3.63) is 29.8 Å². The summed E-state index contributed by atoms with van der Waals surface area (Å²) in [6, 6.07) is 7.29. The molecule has 0 bridgehead atoms. The number of nitrogens with zero attached hydrogens (tertiary/aromatic N) is 1. The average molecular weight is 348 g/mol. The molecule has 1 heterocycles. The molecule has 1 unspecified atom stereocenters. The SMILES string of the molecule is CCCC(=O)N1CCCC1C(=O)NCc1cccc(OCCOC)c1. The molecule has 0 radical (unpaired) electrons. The number of hydrogen-bond acceptors (Lipinski definition) is 4. The zero-order chi connectivity index (χ0) is 18.1. The molecule has 1 saturated heterocycles. The Kier molecular flexibility index (Phi) is 7.73. The lowest BCUT2D eigenvalue weighted by Gasteiger charge is -2.24. The topological polar surface area (TPSA) is 67.9 Å². The molecular weight excluding hydrogens is 320 g/mol. The molecule has 2 amide bonds. The van der Waals surface area contributed by atoms with Gasteiger partial charge in [-0.2, -0.15) is 0 Å². The van der Waals surface area contributed by atoms with Crippen LogP contribution in [0.4, 0.5) is 0 Å². The summed E-state index contributed by atoms with van der Waals surface area (Å²) in [7, 11) is 1.63. The lowest BCUT2D eigenvalue weighted by Crippen LogP contribution is -2.45. The van der Waals surface area contributed by atoms with Gasteiger partial charge >= 0.3 is 0 Å². The van der Waals surface area contributed by atoms with Crippen LogP contribution < -0.4 is 10.1 Å². The number of carbonyl (C=O) groups is 2. The second kappa shape index (κ2) is 10.0. The zero-order valence-corrected chi connectivity index (χ0v) is 15.1. The van der Waals surface area contributed by atoms with Crippen LogP contribution in [-0.4, -0.2) is 49.6 Å². The molecule has 0 spiro atoms. The number of benzene rings is 1. The maximum absolute atomic E-state index is 12.5. The largest absolute Gasteiger partial charge is 0.491 e. The summed E-state index contributed by atoms with van der Waals surface area (Å²) in [5, 5.41) is 2.95. The molecule has 6 nitrogen and oxygen atoms in total. The van der Waals surface area contributed by atoms with Gasteiger partial charge in [0.2, 0.25) is 11.8 Å². The fraction of sp³-hybridized carbons (Fsp3) is 0.579. The third kappa shape index (κ3) is 5.74. The quantitative estimate of drug-likeness (QED) is 0.694. The van der Waals surface area contributed by atoms with Crippen LogP contribution in [0.1, 0.15) is 38.2 Å². The monoisotopic (exact) mass is 348 g/mol. The molecule has 1 aliphatic rings. The van der Waals surface area contributed by atoms with Crippen molar-refractivity contribution in [3.63, 3.8) is 0 Å². The molecule has 1 N–H and O–H groups in total. The number of amides is 2. The van der Waals surface area contributed by atoms with Crippen molar-refractivity contribution < 1.29 is 19.1 Å². The smallest absolute Gasteiger partial charge is 0.243 e. The molecule has 25 heavy (non-hydrogen) atoms. The second-order valence-corrected chi connectivity index (χ2v) is 6.20. The Balaban J connectivity index is 1.86. The number of rotatable bonds is 9. The highest BCUT2D eigenvalue weighted by Crippen LogP contribution is 2.19. The first-order chi connectivity index (χ1) is 12.2. The van der Waals surface area contributed by atoms with Gasteiger partial charge < -0.3 is 19.7 Å². The van der Waals surface area contributed by atoms with Crippen molar-refractivity contribution in [2.45, 2.75) is 45.2 Å². The third-order valence-corrected chi connectivity index (χ3v) is 4.26. The molecule has 1 fully saturated rings. The molecule has 1 aromatic carbocycles. The van der Waals surface area contributed by atoms with E-state index in [4.69, 9.17) is 9.47 Å². The van der Waals surface area contributed by atoms with Crippen molar-refractivity contribution in [2.24, 2.45) is 0 Å². The predicted molar refractivity (Wildman–Crippen MR) is 95.3 cm³/mol. The van der Waals surface area contributed by atoms with Crippen LogP contribution >= 0.6 is 0 Å². The van der Waals surface area contributed by atoms with Gasteiger partial charge in [-0.05, 0) is 37.0 Å². The zero-order valence-electron chi connectivity index (χ0n) is 15.1. The number of hydrogen-bond donors (Lipinski definition) is 1. The first kappa shape index (κ1) is 19.2. The molecule has 2 rings (SSSR count). The molecule has 138 valence electrons. The van der Waals surface area contributed by atoms with Crippen molar-refractivity contribution in [1.82, 2.24) is 10.2 Å². The van der Waals surface area contributed by atoms with E-state index in [9.17, 15) is 9.59 Å². The van der Waals surface area contributed by atoms with E-state index in [1.54, 1.807) is 12.0 Å². The fourth-order valence-corrected chi connectivity index (χ4v) is 2.99. The van der Waals surface area contributed by atoms with Crippen molar-refractivity contribution in [3.8, 4) is 5.75 Å². The van der Waals surface area contributed by atoms with E-state index in [-0.39, 0.29) is 17.9 Å². The standard InChI is InChI=1S/C19H28N2O4/c1-3-6-18(22)21-10-5-9-17(21)19(23)20-14-15-7-4-8-16(13-15)25-12-11-24-2/h4,7-8,13,17H,3,5-6,9-12,14H2,1-2H3,(H,20,23). The summed E-state index contributed by atoms with van der Waals surface area (Å²) in [5.74, 6) is 0.755. The minimum atomic E-state index is -0.333. The Hall–Kier alpha value is -2.08. The summed E-state index contributed by atoms with van der Waals surface area (Å²) in [6.07, 6.45) is 2.93. The van der Waals surface area contributed by atoms with E-state index in [1.165, 1.54) is 0 Å². The van der Waals surface area contributed by atoms with Gasteiger partial charge in [0.25, 0.3) is 0 Å². The average Bonchev–Trinajstić information content (AvgIpc) is 3.10. The molecule has 1 atom stereocenters. The summed E-state index contributed by atoms with van der Waals surface area (Å²) < 4.78 is 10.5. The maximum Gasteiger partial charge on any atom is 0.243 e. The molecular formula is C19H28N2O4. The van der Waals surface area contributed by atoms with Gasteiger partial charge in [-0.25, -0.2) is 0 Å². The van der Waals surface area contributed by atoms with Gasteiger partial charge in [0.1, 0.15) is 18.4 Å². The van der Waals surface area contributed by atoms with Gasteiger partial charge in [-0.15, -0.1) is 0 Å². The summed E-state index contributed by atoms with van der Waals surface area (Å²) >= 11 is 0. The highest BCUT2D eigenvalue weighted by Gasteiger charge is 2.33. The van der Waals surface area contributed by atoms with Crippen LogP contribution in [0.25, 0.3) is 0 Å². The Morgan fingerprint density at radius 1 is 1.32 bits per heavy atom. The van der Waals surface area contributed by atoms with Crippen LogP contribution in [0.15, 0.2) is 24.3 Å². The van der Waals surface area contributed by atoms with E-state index in [2.05, 4.69) is 5.32 Å². The van der Waals surface area contributed by atoms with Crippen molar-refractivity contribution in [1.29, 1.82) is 0 Å². The number of nitrogens with one attached hydrogen (secondary N) is 1. The minimum absolute atomic E-state index is 0.0762. The van der Waals surface area contributed by atoms with Crippen molar-refractivity contribution >= 4 is 11.8 Å². The molecule has 0 saturated carbocycles. The summed E-state index contributed by atoms with van der Waals surface area (Å²) in [5.41, 5.74) is 0.965. The van der Waals surface area contributed by atoms with Crippen LogP contribution in [0, 0.1) is 0 Å². The lowest BCUT2D eigenvalue weighted by molar-refractivity contribution is -0.138. The van der Waals surface area contributed by atoms with E-state index < -0.39 is 0 Å². The second-order valence-electron chi connectivity index (χ2n) is 6.20. The summed E-state index contributed by atoms with van der Waals surface area (Å²) in [4.78, 5) is 26.3. The van der Waals surface area contributed by atoms with E-state index >= 15 is 0 Å². The Morgan fingerprint density at radius 3 is 2.92 bits per heavy atom. The fourth-order valence-electron chi connectivity index (χ4n) is 2.99. The van der Waals surface area contributed by atoms with Crippen LogP contribution in [0.2, 0.25) is 0 Å². The molecule has 1 aromatic rings. The van der Waals surface area contributed by atoms with E-state index in [0.29, 0.717) is 32.7 Å². The number of methoxy groups -OCH3 is 1. The van der Waals surface area contributed by atoms with Crippen LogP contribution in [-0.2, 0) is 20.9 Å². The van der Waals surface area contributed by atoms with Crippen LogP contribution in [0.5, 0.6) is 5.75 Å². The molecule has 0 aliphatic carbocycles. The van der Waals surface area contributed by atoms with Crippen molar-refractivity contribution in [2.75, 3.05) is 26.9 Å². The normalized spacial score (nSPS) is 16.7. The number of likely N-dealkylation sites (tertiary alicyclic amines) is 1. The first-order valence-electron chi connectivity index (χ1n) is 8.93.